The average molecular weight is 354 g/mol. The number of nitrogens with zero attached hydrogens (tertiary/aromatic N) is 3. The number of carbonyl (C=O) groups is 1. The Balaban J connectivity index is 1.76. The second kappa shape index (κ2) is 7.69. The van der Waals surface area contributed by atoms with E-state index in [1.165, 1.54) is 12.1 Å². The number of aromatic nitrogens is 2. The monoisotopic (exact) mass is 354 g/mol. The first kappa shape index (κ1) is 17.5. The summed E-state index contributed by atoms with van der Waals surface area (Å²) < 4.78 is 26.2. The number of anilines is 3. The lowest BCUT2D eigenvalue weighted by Crippen LogP contribution is -2.31. The van der Waals surface area contributed by atoms with E-state index in [0.29, 0.717) is 18.1 Å². The van der Waals surface area contributed by atoms with E-state index < -0.39 is 11.6 Å². The molecule has 0 radical (unpaired) electrons. The van der Waals surface area contributed by atoms with Gasteiger partial charge < -0.3 is 10.2 Å². The molecule has 1 N–H and O–H groups in total. The van der Waals surface area contributed by atoms with Crippen LogP contribution in [0.25, 0.3) is 0 Å². The molecule has 5 nitrogen and oxygen atoms in total. The zero-order valence-corrected chi connectivity index (χ0v) is 14.0. The number of hydrogen-bond donors (Lipinski definition) is 1. The molecule has 3 aromatic rings. The number of rotatable bonds is 5. The second-order valence-corrected chi connectivity index (χ2v) is 5.44. The van der Waals surface area contributed by atoms with E-state index in [9.17, 15) is 13.6 Å². The van der Waals surface area contributed by atoms with E-state index in [1.807, 2.05) is 37.3 Å². The zero-order chi connectivity index (χ0) is 18.5. The summed E-state index contributed by atoms with van der Waals surface area (Å²) in [5, 5.41) is 10.7. The Labute approximate surface area is 149 Å². The Morgan fingerprint density at radius 3 is 2.38 bits per heavy atom. The van der Waals surface area contributed by atoms with E-state index in [0.717, 1.165) is 17.8 Å². The fourth-order valence-electron chi connectivity index (χ4n) is 2.42. The standard InChI is InChI=1S/C19H16F2N4O/c1-2-25(14-6-4-3-5-7-14)19(26)17-10-11-18(24-23-17)22-13-8-9-15(20)16(21)12-13/h3-12H,2H2,1H3,(H,22,24). The van der Waals surface area contributed by atoms with Gasteiger partial charge in [-0.3, -0.25) is 4.79 Å². The maximum absolute atomic E-state index is 13.2. The third-order valence-corrected chi connectivity index (χ3v) is 3.70. The molecule has 0 saturated carbocycles. The maximum atomic E-state index is 13.2. The predicted octanol–water partition coefficient (Wildman–Crippen LogP) is 4.17. The van der Waals surface area contributed by atoms with Gasteiger partial charge in [-0.2, -0.15) is 0 Å². The molecule has 0 aliphatic rings. The molecule has 0 unspecified atom stereocenters. The lowest BCUT2D eigenvalue weighted by molar-refractivity contribution is 0.0982. The van der Waals surface area contributed by atoms with Gasteiger partial charge in [-0.1, -0.05) is 18.2 Å². The van der Waals surface area contributed by atoms with Crippen molar-refractivity contribution in [2.45, 2.75) is 6.92 Å². The number of halogens is 2. The summed E-state index contributed by atoms with van der Waals surface area (Å²) in [6.07, 6.45) is 0. The summed E-state index contributed by atoms with van der Waals surface area (Å²) in [7, 11) is 0. The van der Waals surface area contributed by atoms with Crippen molar-refractivity contribution in [2.75, 3.05) is 16.8 Å². The lowest BCUT2D eigenvalue weighted by atomic mass is 10.2. The highest BCUT2D eigenvalue weighted by Crippen LogP contribution is 2.19. The molecule has 0 aliphatic carbocycles. The molecule has 7 heteroatoms. The topological polar surface area (TPSA) is 58.1 Å². The van der Waals surface area contributed by atoms with E-state index in [2.05, 4.69) is 15.5 Å². The molecule has 0 bridgehead atoms. The van der Waals surface area contributed by atoms with Gasteiger partial charge in [0.15, 0.2) is 23.1 Å². The molecule has 26 heavy (non-hydrogen) atoms. The van der Waals surface area contributed by atoms with E-state index in [1.54, 1.807) is 11.0 Å². The van der Waals surface area contributed by atoms with Crippen molar-refractivity contribution in [1.29, 1.82) is 0 Å². The van der Waals surface area contributed by atoms with Crippen LogP contribution in [-0.4, -0.2) is 22.6 Å². The van der Waals surface area contributed by atoms with Crippen molar-refractivity contribution in [2.24, 2.45) is 0 Å². The first-order valence-electron chi connectivity index (χ1n) is 8.01. The van der Waals surface area contributed by atoms with Gasteiger partial charge in [0.25, 0.3) is 5.91 Å². The number of amides is 1. The quantitative estimate of drug-likeness (QED) is 0.747. The fourth-order valence-corrected chi connectivity index (χ4v) is 2.42. The Bertz CT molecular complexity index is 901. The Morgan fingerprint density at radius 1 is 1.00 bits per heavy atom. The highest BCUT2D eigenvalue weighted by Gasteiger charge is 2.17. The van der Waals surface area contributed by atoms with Crippen LogP contribution in [-0.2, 0) is 0 Å². The van der Waals surface area contributed by atoms with Gasteiger partial charge in [-0.25, -0.2) is 8.78 Å². The van der Waals surface area contributed by atoms with Crippen molar-refractivity contribution >= 4 is 23.1 Å². The number of nitrogens with one attached hydrogen (secondary N) is 1. The summed E-state index contributed by atoms with van der Waals surface area (Å²) in [5.74, 6) is -1.85. The van der Waals surface area contributed by atoms with Crippen LogP contribution in [0.3, 0.4) is 0 Å². The van der Waals surface area contributed by atoms with Crippen LogP contribution < -0.4 is 10.2 Å². The Hall–Kier alpha value is -3.35. The highest BCUT2D eigenvalue weighted by molar-refractivity contribution is 6.04. The second-order valence-electron chi connectivity index (χ2n) is 5.44. The van der Waals surface area contributed by atoms with Crippen LogP contribution in [0.2, 0.25) is 0 Å². The van der Waals surface area contributed by atoms with E-state index in [-0.39, 0.29) is 11.6 Å². The molecular formula is C19H16F2N4O. The molecule has 0 fully saturated rings. The molecular weight excluding hydrogens is 338 g/mol. The third-order valence-electron chi connectivity index (χ3n) is 3.70. The van der Waals surface area contributed by atoms with Gasteiger partial charge in [0.1, 0.15) is 0 Å². The van der Waals surface area contributed by atoms with Crippen LogP contribution in [0.15, 0.2) is 60.7 Å². The molecule has 0 spiro atoms. The predicted molar refractivity (Wildman–Crippen MR) is 95.5 cm³/mol. The summed E-state index contributed by atoms with van der Waals surface area (Å²) in [5.41, 5.74) is 1.29. The maximum Gasteiger partial charge on any atom is 0.278 e. The molecule has 1 heterocycles. The summed E-state index contributed by atoms with van der Waals surface area (Å²) >= 11 is 0. The summed E-state index contributed by atoms with van der Waals surface area (Å²) in [6.45, 7) is 2.36. The Kier molecular flexibility index (Phi) is 5.17. The zero-order valence-electron chi connectivity index (χ0n) is 14.0. The minimum Gasteiger partial charge on any atom is -0.339 e. The fraction of sp³-hybridized carbons (Fsp3) is 0.105. The lowest BCUT2D eigenvalue weighted by Gasteiger charge is -2.20. The molecule has 0 atom stereocenters. The van der Waals surface area contributed by atoms with Crippen molar-refractivity contribution in [3.8, 4) is 0 Å². The van der Waals surface area contributed by atoms with Gasteiger partial charge in [-0.05, 0) is 43.3 Å². The van der Waals surface area contributed by atoms with Gasteiger partial charge in [-0.15, -0.1) is 10.2 Å². The van der Waals surface area contributed by atoms with E-state index in [4.69, 9.17) is 0 Å². The number of benzene rings is 2. The van der Waals surface area contributed by atoms with Crippen molar-refractivity contribution in [3.63, 3.8) is 0 Å². The first-order valence-corrected chi connectivity index (χ1v) is 8.01. The van der Waals surface area contributed by atoms with Gasteiger partial charge in [0, 0.05) is 24.0 Å². The molecule has 1 amide bonds. The Morgan fingerprint density at radius 2 is 1.77 bits per heavy atom. The average Bonchev–Trinajstić information content (AvgIpc) is 2.67. The molecule has 1 aromatic heterocycles. The van der Waals surface area contributed by atoms with E-state index >= 15 is 0 Å². The van der Waals surface area contributed by atoms with Crippen LogP contribution in [0, 0.1) is 11.6 Å². The van der Waals surface area contributed by atoms with Gasteiger partial charge >= 0.3 is 0 Å². The normalized spacial score (nSPS) is 10.4. The minimum atomic E-state index is -0.962. The van der Waals surface area contributed by atoms with Gasteiger partial charge in [0.05, 0.1) is 0 Å². The van der Waals surface area contributed by atoms with Crippen LogP contribution in [0.4, 0.5) is 26.0 Å². The third kappa shape index (κ3) is 3.83. The number of para-hydroxylation sites is 1. The summed E-state index contributed by atoms with van der Waals surface area (Å²) in [4.78, 5) is 14.2. The highest BCUT2D eigenvalue weighted by atomic mass is 19.2. The number of carbonyl (C=O) groups excluding carboxylic acids is 1. The smallest absolute Gasteiger partial charge is 0.278 e. The van der Waals surface area contributed by atoms with Crippen LogP contribution >= 0.6 is 0 Å². The molecule has 132 valence electrons. The SMILES string of the molecule is CCN(C(=O)c1ccc(Nc2ccc(F)c(F)c2)nn1)c1ccccc1. The number of hydrogen-bond acceptors (Lipinski definition) is 4. The summed E-state index contributed by atoms with van der Waals surface area (Å²) in [6, 6.07) is 15.8. The van der Waals surface area contributed by atoms with Crippen molar-refractivity contribution < 1.29 is 13.6 Å². The van der Waals surface area contributed by atoms with Crippen LogP contribution in [0.5, 0.6) is 0 Å². The van der Waals surface area contributed by atoms with Crippen molar-refractivity contribution in [3.05, 3.63) is 78.0 Å². The largest absolute Gasteiger partial charge is 0.339 e. The molecule has 0 saturated heterocycles. The molecule has 3 rings (SSSR count). The van der Waals surface area contributed by atoms with Crippen LogP contribution in [0.1, 0.15) is 17.4 Å². The van der Waals surface area contributed by atoms with Gasteiger partial charge in [0.2, 0.25) is 0 Å². The first-order chi connectivity index (χ1) is 12.6. The van der Waals surface area contributed by atoms with Crippen molar-refractivity contribution in [1.82, 2.24) is 10.2 Å². The molecule has 2 aromatic carbocycles. The molecule has 0 aliphatic heterocycles. The minimum absolute atomic E-state index is 0.187.